The van der Waals surface area contributed by atoms with E-state index in [0.717, 1.165) is 31.3 Å². The highest BCUT2D eigenvalue weighted by molar-refractivity contribution is 5.29. The van der Waals surface area contributed by atoms with E-state index in [-0.39, 0.29) is 0 Å². The molecule has 3 heterocycles. The minimum atomic E-state index is 0.474. The number of H-pyrrole nitrogens is 1. The molecule has 0 bridgehead atoms. The number of nitrogens with zero attached hydrogens (tertiary/aromatic N) is 4. The van der Waals surface area contributed by atoms with E-state index in [9.17, 15) is 0 Å². The first kappa shape index (κ1) is 13.1. The van der Waals surface area contributed by atoms with Crippen molar-refractivity contribution < 1.29 is 0 Å². The summed E-state index contributed by atoms with van der Waals surface area (Å²) in [5.41, 5.74) is 2.37. The van der Waals surface area contributed by atoms with Crippen LogP contribution in [0.25, 0.3) is 0 Å². The van der Waals surface area contributed by atoms with Crippen molar-refractivity contribution in [3.63, 3.8) is 0 Å². The molecule has 2 N–H and O–H groups in total. The molecule has 106 valence electrons. The highest BCUT2D eigenvalue weighted by Gasteiger charge is 2.21. The fraction of sp³-hybridized carbons (Fsp3) is 0.500. The first-order valence-corrected chi connectivity index (χ1v) is 7.07. The number of piperidine rings is 1. The van der Waals surface area contributed by atoms with E-state index in [1.807, 2.05) is 12.3 Å². The van der Waals surface area contributed by atoms with Crippen molar-refractivity contribution in [3.05, 3.63) is 35.9 Å². The Balaban J connectivity index is 1.57. The third-order valence-corrected chi connectivity index (χ3v) is 3.77. The van der Waals surface area contributed by atoms with Crippen LogP contribution in [-0.2, 0) is 6.54 Å². The van der Waals surface area contributed by atoms with E-state index in [1.165, 1.54) is 18.4 Å². The van der Waals surface area contributed by atoms with E-state index in [0.29, 0.717) is 6.04 Å². The van der Waals surface area contributed by atoms with Crippen molar-refractivity contribution in [1.82, 2.24) is 25.5 Å². The summed E-state index contributed by atoms with van der Waals surface area (Å²) >= 11 is 0. The molecule has 0 aromatic carbocycles. The third-order valence-electron chi connectivity index (χ3n) is 3.77. The van der Waals surface area contributed by atoms with Crippen LogP contribution in [0.3, 0.4) is 0 Å². The fourth-order valence-corrected chi connectivity index (χ4v) is 2.59. The van der Waals surface area contributed by atoms with Gasteiger partial charge in [-0.15, -0.1) is 0 Å². The summed E-state index contributed by atoms with van der Waals surface area (Å²) in [4.78, 5) is 10.9. The average molecular weight is 272 g/mol. The molecular formula is C14H20N6. The third kappa shape index (κ3) is 2.96. The lowest BCUT2D eigenvalue weighted by molar-refractivity contribution is 0.418. The molecule has 0 aliphatic carbocycles. The summed E-state index contributed by atoms with van der Waals surface area (Å²) in [7, 11) is 0. The molecule has 3 rings (SSSR count). The number of anilines is 1. The van der Waals surface area contributed by atoms with Crippen LogP contribution in [0.15, 0.2) is 24.7 Å². The zero-order chi connectivity index (χ0) is 13.8. The standard InChI is InChI=1S/C14H20N6/c1-11-12(9-18-19-11)8-17-13-4-2-7-20(10-13)14-15-5-3-6-16-14/h3,5-6,9,13,17H,2,4,7-8,10H2,1H3,(H,18,19)/t13-/m0/s1. The smallest absolute Gasteiger partial charge is 0.225 e. The van der Waals surface area contributed by atoms with Gasteiger partial charge in [-0.25, -0.2) is 9.97 Å². The van der Waals surface area contributed by atoms with Crippen molar-refractivity contribution in [2.45, 2.75) is 32.4 Å². The molecule has 6 nitrogen and oxygen atoms in total. The zero-order valence-corrected chi connectivity index (χ0v) is 11.7. The van der Waals surface area contributed by atoms with Crippen molar-refractivity contribution in [2.24, 2.45) is 0 Å². The van der Waals surface area contributed by atoms with Crippen LogP contribution in [0.1, 0.15) is 24.1 Å². The summed E-state index contributed by atoms with van der Waals surface area (Å²) in [5, 5.41) is 10.6. The molecule has 1 aliphatic rings. The van der Waals surface area contributed by atoms with E-state index >= 15 is 0 Å². The van der Waals surface area contributed by atoms with Gasteiger partial charge in [0.1, 0.15) is 0 Å². The van der Waals surface area contributed by atoms with Crippen LogP contribution in [0.2, 0.25) is 0 Å². The Bertz CT molecular complexity index is 538. The number of aryl methyl sites for hydroxylation is 1. The molecule has 0 radical (unpaired) electrons. The van der Waals surface area contributed by atoms with Crippen LogP contribution in [0.4, 0.5) is 5.95 Å². The van der Waals surface area contributed by atoms with Gasteiger partial charge in [0.05, 0.1) is 6.20 Å². The molecule has 0 unspecified atom stereocenters. The molecule has 0 amide bonds. The van der Waals surface area contributed by atoms with Gasteiger partial charge in [0.25, 0.3) is 0 Å². The molecular weight excluding hydrogens is 252 g/mol. The van der Waals surface area contributed by atoms with E-state index in [1.54, 1.807) is 12.4 Å². The largest absolute Gasteiger partial charge is 0.339 e. The van der Waals surface area contributed by atoms with Gasteiger partial charge >= 0.3 is 0 Å². The summed E-state index contributed by atoms with van der Waals surface area (Å²) < 4.78 is 0. The number of hydrogen-bond donors (Lipinski definition) is 2. The Morgan fingerprint density at radius 3 is 3.00 bits per heavy atom. The Hall–Kier alpha value is -1.95. The SMILES string of the molecule is Cc1[nH]ncc1CN[C@H]1CCCN(c2ncccn2)C1. The van der Waals surface area contributed by atoms with E-state index in [4.69, 9.17) is 0 Å². The zero-order valence-electron chi connectivity index (χ0n) is 11.7. The quantitative estimate of drug-likeness (QED) is 0.877. The van der Waals surface area contributed by atoms with Gasteiger partial charge in [0.15, 0.2) is 0 Å². The van der Waals surface area contributed by atoms with Crippen LogP contribution < -0.4 is 10.2 Å². The van der Waals surface area contributed by atoms with E-state index < -0.39 is 0 Å². The summed E-state index contributed by atoms with van der Waals surface area (Å²) in [6.45, 7) is 4.90. The van der Waals surface area contributed by atoms with E-state index in [2.05, 4.69) is 37.3 Å². The minimum absolute atomic E-state index is 0.474. The van der Waals surface area contributed by atoms with Crippen LogP contribution >= 0.6 is 0 Å². The van der Waals surface area contributed by atoms with Crippen molar-refractivity contribution >= 4 is 5.95 Å². The van der Waals surface area contributed by atoms with Crippen LogP contribution in [0.5, 0.6) is 0 Å². The first-order chi connectivity index (χ1) is 9.83. The van der Waals surface area contributed by atoms with Gasteiger partial charge < -0.3 is 10.2 Å². The lowest BCUT2D eigenvalue weighted by atomic mass is 10.1. The maximum atomic E-state index is 4.33. The monoisotopic (exact) mass is 272 g/mol. The minimum Gasteiger partial charge on any atom is -0.339 e. The molecule has 1 atom stereocenters. The average Bonchev–Trinajstić information content (AvgIpc) is 2.92. The highest BCUT2D eigenvalue weighted by atomic mass is 15.3. The number of aromatic nitrogens is 4. The highest BCUT2D eigenvalue weighted by Crippen LogP contribution is 2.15. The predicted molar refractivity (Wildman–Crippen MR) is 77.4 cm³/mol. The lowest BCUT2D eigenvalue weighted by Gasteiger charge is -2.33. The molecule has 2 aromatic heterocycles. The van der Waals surface area contributed by atoms with Crippen molar-refractivity contribution in [1.29, 1.82) is 0 Å². The van der Waals surface area contributed by atoms with Crippen LogP contribution in [0, 0.1) is 6.92 Å². The topological polar surface area (TPSA) is 69.7 Å². The second-order valence-corrected chi connectivity index (χ2v) is 5.24. The van der Waals surface area contributed by atoms with Gasteiger partial charge in [-0.1, -0.05) is 0 Å². The maximum Gasteiger partial charge on any atom is 0.225 e. The number of aromatic amines is 1. The number of hydrogen-bond acceptors (Lipinski definition) is 5. The number of rotatable bonds is 4. The Labute approximate surface area is 118 Å². The summed E-state index contributed by atoms with van der Waals surface area (Å²) in [5.74, 6) is 0.832. The molecule has 0 saturated carbocycles. The molecule has 0 spiro atoms. The molecule has 6 heteroatoms. The van der Waals surface area contributed by atoms with Crippen molar-refractivity contribution in [3.8, 4) is 0 Å². The van der Waals surface area contributed by atoms with Gasteiger partial charge in [-0.05, 0) is 25.8 Å². The molecule has 2 aromatic rings. The Morgan fingerprint density at radius 1 is 1.40 bits per heavy atom. The van der Waals surface area contributed by atoms with Gasteiger partial charge in [-0.2, -0.15) is 5.10 Å². The van der Waals surface area contributed by atoms with Crippen molar-refractivity contribution in [2.75, 3.05) is 18.0 Å². The second-order valence-electron chi connectivity index (χ2n) is 5.24. The fourth-order valence-electron chi connectivity index (χ4n) is 2.59. The van der Waals surface area contributed by atoms with Gasteiger partial charge in [0.2, 0.25) is 5.95 Å². The summed E-state index contributed by atoms with van der Waals surface area (Å²) in [6.07, 6.45) is 7.85. The van der Waals surface area contributed by atoms with Crippen LogP contribution in [-0.4, -0.2) is 39.3 Å². The predicted octanol–water partition coefficient (Wildman–Crippen LogP) is 1.27. The normalized spacial score (nSPS) is 19.2. The Morgan fingerprint density at radius 2 is 2.25 bits per heavy atom. The van der Waals surface area contributed by atoms with Gasteiger partial charge in [0, 0.05) is 49.3 Å². The maximum absolute atomic E-state index is 4.33. The molecule has 1 fully saturated rings. The molecule has 20 heavy (non-hydrogen) atoms. The molecule has 1 aliphatic heterocycles. The first-order valence-electron chi connectivity index (χ1n) is 7.07. The number of nitrogens with one attached hydrogen (secondary N) is 2. The lowest BCUT2D eigenvalue weighted by Crippen LogP contribution is -2.46. The Kier molecular flexibility index (Phi) is 3.92. The summed E-state index contributed by atoms with van der Waals surface area (Å²) in [6, 6.07) is 2.33. The van der Waals surface area contributed by atoms with Gasteiger partial charge in [-0.3, -0.25) is 5.10 Å². The molecule has 1 saturated heterocycles. The second kappa shape index (κ2) is 6.00.